The average molecular weight is 334 g/mol. The van der Waals surface area contributed by atoms with Gasteiger partial charge in [0.15, 0.2) is 0 Å². The first-order chi connectivity index (χ1) is 9.75. The molecule has 0 spiro atoms. The molecule has 0 saturated heterocycles. The fourth-order valence-electron chi connectivity index (χ4n) is 1.78. The highest BCUT2D eigenvalue weighted by atomic mass is 35.7. The summed E-state index contributed by atoms with van der Waals surface area (Å²) in [7, 11) is 1.53. The molecule has 1 aromatic carbocycles. The predicted molar refractivity (Wildman–Crippen MR) is 82.3 cm³/mol. The summed E-state index contributed by atoms with van der Waals surface area (Å²) in [6.07, 6.45) is 0.615. The van der Waals surface area contributed by atoms with E-state index in [4.69, 9.17) is 15.4 Å². The van der Waals surface area contributed by atoms with Crippen molar-refractivity contribution in [2.24, 2.45) is 0 Å². The zero-order chi connectivity index (χ0) is 16.0. The number of carbonyl (C=O) groups is 1. The molecule has 1 rings (SSSR count). The number of hydrogen-bond donors (Lipinski definition) is 1. The van der Waals surface area contributed by atoms with Gasteiger partial charge in [0.05, 0.1) is 17.6 Å². The molecule has 118 valence electrons. The zero-order valence-electron chi connectivity index (χ0n) is 12.3. The molecule has 0 aliphatic carbocycles. The van der Waals surface area contributed by atoms with Crippen molar-refractivity contribution in [3.63, 3.8) is 0 Å². The van der Waals surface area contributed by atoms with Crippen LogP contribution < -0.4 is 5.32 Å². The summed E-state index contributed by atoms with van der Waals surface area (Å²) in [4.78, 5) is 11.9. The van der Waals surface area contributed by atoms with E-state index in [2.05, 4.69) is 5.32 Å². The summed E-state index contributed by atoms with van der Waals surface area (Å²) in [5.74, 6) is -0.355. The molecule has 7 heteroatoms. The van der Waals surface area contributed by atoms with E-state index in [1.807, 2.05) is 20.8 Å². The molecule has 0 radical (unpaired) electrons. The first-order valence-electron chi connectivity index (χ1n) is 6.73. The second kappa shape index (κ2) is 7.77. The van der Waals surface area contributed by atoms with Crippen LogP contribution in [-0.2, 0) is 20.2 Å². The van der Waals surface area contributed by atoms with Crippen molar-refractivity contribution in [3.8, 4) is 0 Å². The van der Waals surface area contributed by atoms with Crippen LogP contribution in [0.15, 0.2) is 23.1 Å². The first-order valence-corrected chi connectivity index (χ1v) is 9.04. The van der Waals surface area contributed by atoms with Crippen molar-refractivity contribution in [2.75, 3.05) is 13.2 Å². The quantitative estimate of drug-likeness (QED) is 0.614. The van der Waals surface area contributed by atoms with Gasteiger partial charge in [0, 0.05) is 22.8 Å². The van der Waals surface area contributed by atoms with Gasteiger partial charge in [-0.05, 0) is 38.0 Å². The van der Waals surface area contributed by atoms with Gasteiger partial charge in [-0.15, -0.1) is 0 Å². The fraction of sp³-hybridized carbons (Fsp3) is 0.500. The van der Waals surface area contributed by atoms with Crippen molar-refractivity contribution in [2.45, 2.75) is 38.2 Å². The van der Waals surface area contributed by atoms with Gasteiger partial charge in [-0.1, -0.05) is 13.0 Å². The van der Waals surface area contributed by atoms with Crippen molar-refractivity contribution in [1.82, 2.24) is 5.32 Å². The normalized spacial score (nSPS) is 11.7. The van der Waals surface area contributed by atoms with Crippen molar-refractivity contribution < 1.29 is 17.9 Å². The Hall–Kier alpha value is -1.11. The van der Waals surface area contributed by atoms with Gasteiger partial charge >= 0.3 is 0 Å². The Morgan fingerprint density at radius 1 is 1.38 bits per heavy atom. The Bertz CT molecular complexity index is 599. The van der Waals surface area contributed by atoms with Gasteiger partial charge in [-0.3, -0.25) is 4.79 Å². The molecule has 0 aliphatic heterocycles. The van der Waals surface area contributed by atoms with E-state index in [-0.39, 0.29) is 22.5 Å². The van der Waals surface area contributed by atoms with Crippen LogP contribution in [0.3, 0.4) is 0 Å². The minimum absolute atomic E-state index is 0.0160. The summed E-state index contributed by atoms with van der Waals surface area (Å²) in [5.41, 5.74) is 0.848. The van der Waals surface area contributed by atoms with E-state index in [0.29, 0.717) is 25.1 Å². The SMILES string of the molecule is CCc1ccc(C(=O)NCCOC(C)C)cc1S(=O)(=O)Cl. The Balaban J connectivity index is 2.82. The van der Waals surface area contributed by atoms with Crippen LogP contribution >= 0.6 is 10.7 Å². The van der Waals surface area contributed by atoms with E-state index in [1.165, 1.54) is 6.07 Å². The lowest BCUT2D eigenvalue weighted by Crippen LogP contribution is -2.28. The summed E-state index contributed by atoms with van der Waals surface area (Å²) in [5, 5.41) is 2.67. The molecule has 0 fully saturated rings. The van der Waals surface area contributed by atoms with Gasteiger partial charge in [0.1, 0.15) is 0 Å². The Kier molecular flexibility index (Phi) is 6.64. The van der Waals surface area contributed by atoms with Gasteiger partial charge in [0.2, 0.25) is 0 Å². The van der Waals surface area contributed by atoms with Crippen molar-refractivity contribution in [1.29, 1.82) is 0 Å². The van der Waals surface area contributed by atoms with E-state index in [1.54, 1.807) is 12.1 Å². The highest BCUT2D eigenvalue weighted by Gasteiger charge is 2.17. The summed E-state index contributed by atoms with van der Waals surface area (Å²) >= 11 is 0. The topological polar surface area (TPSA) is 72.5 Å². The molecule has 5 nitrogen and oxygen atoms in total. The molecule has 0 heterocycles. The van der Waals surface area contributed by atoms with Gasteiger partial charge < -0.3 is 10.1 Å². The number of benzene rings is 1. The van der Waals surface area contributed by atoms with Crippen LogP contribution in [0.25, 0.3) is 0 Å². The third kappa shape index (κ3) is 5.65. The van der Waals surface area contributed by atoms with Gasteiger partial charge in [-0.2, -0.15) is 0 Å². The molecule has 1 aromatic rings. The monoisotopic (exact) mass is 333 g/mol. The molecular formula is C14H20ClNO4S. The maximum atomic E-state index is 12.0. The Labute approximate surface area is 130 Å². The predicted octanol–water partition coefficient (Wildman–Crippen LogP) is 2.33. The number of carbonyl (C=O) groups excluding carboxylic acids is 1. The third-order valence-electron chi connectivity index (χ3n) is 2.81. The van der Waals surface area contributed by atoms with E-state index < -0.39 is 9.05 Å². The van der Waals surface area contributed by atoms with E-state index in [9.17, 15) is 13.2 Å². The van der Waals surface area contributed by atoms with E-state index in [0.717, 1.165) is 0 Å². The molecule has 21 heavy (non-hydrogen) atoms. The molecule has 1 N–H and O–H groups in total. The number of halogens is 1. The maximum Gasteiger partial charge on any atom is 0.261 e. The minimum Gasteiger partial charge on any atom is -0.377 e. The summed E-state index contributed by atoms with van der Waals surface area (Å²) in [6, 6.07) is 4.50. The number of ether oxygens (including phenoxy) is 1. The molecule has 1 amide bonds. The molecule has 0 bridgehead atoms. The van der Waals surface area contributed by atoms with Crippen LogP contribution in [0.5, 0.6) is 0 Å². The second-order valence-corrected chi connectivity index (χ2v) is 7.32. The molecule has 0 aromatic heterocycles. The maximum absolute atomic E-state index is 12.0. The number of rotatable bonds is 7. The standard InChI is InChI=1S/C14H20ClNO4S/c1-4-11-5-6-12(9-13(11)21(15,18)19)14(17)16-7-8-20-10(2)3/h5-6,9-10H,4,7-8H2,1-3H3,(H,16,17). The second-order valence-electron chi connectivity index (χ2n) is 4.79. The van der Waals surface area contributed by atoms with Gasteiger partial charge in [-0.25, -0.2) is 8.42 Å². The highest BCUT2D eigenvalue weighted by Crippen LogP contribution is 2.22. The van der Waals surface area contributed by atoms with Crippen LogP contribution in [0.2, 0.25) is 0 Å². The minimum atomic E-state index is -3.87. The van der Waals surface area contributed by atoms with Crippen LogP contribution in [-0.4, -0.2) is 33.6 Å². The number of amides is 1. The van der Waals surface area contributed by atoms with Crippen LogP contribution in [0.1, 0.15) is 36.7 Å². The summed E-state index contributed by atoms with van der Waals surface area (Å²) < 4.78 is 28.4. The fourth-order valence-corrected chi connectivity index (χ4v) is 3.00. The Morgan fingerprint density at radius 3 is 2.57 bits per heavy atom. The number of nitrogens with one attached hydrogen (secondary N) is 1. The molecule has 0 unspecified atom stereocenters. The number of aryl methyl sites for hydroxylation is 1. The van der Waals surface area contributed by atoms with E-state index >= 15 is 0 Å². The molecule has 0 atom stereocenters. The lowest BCUT2D eigenvalue weighted by Gasteiger charge is -2.10. The largest absolute Gasteiger partial charge is 0.377 e. The van der Waals surface area contributed by atoms with Crippen molar-refractivity contribution >= 4 is 25.6 Å². The number of hydrogen-bond acceptors (Lipinski definition) is 4. The van der Waals surface area contributed by atoms with Crippen LogP contribution in [0.4, 0.5) is 0 Å². The molecule has 0 saturated carbocycles. The molecule has 0 aliphatic rings. The van der Waals surface area contributed by atoms with Crippen molar-refractivity contribution in [3.05, 3.63) is 29.3 Å². The third-order valence-corrected chi connectivity index (χ3v) is 4.22. The average Bonchev–Trinajstić information content (AvgIpc) is 2.41. The zero-order valence-corrected chi connectivity index (χ0v) is 13.9. The van der Waals surface area contributed by atoms with Crippen LogP contribution in [0, 0.1) is 0 Å². The highest BCUT2D eigenvalue weighted by molar-refractivity contribution is 8.13. The summed E-state index contributed by atoms with van der Waals surface area (Å²) in [6.45, 7) is 6.39. The lowest BCUT2D eigenvalue weighted by atomic mass is 10.1. The lowest BCUT2D eigenvalue weighted by molar-refractivity contribution is 0.0746. The smallest absolute Gasteiger partial charge is 0.261 e. The Morgan fingerprint density at radius 2 is 2.05 bits per heavy atom. The van der Waals surface area contributed by atoms with Gasteiger partial charge in [0.25, 0.3) is 15.0 Å². The molecular weight excluding hydrogens is 314 g/mol. The first kappa shape index (κ1) is 17.9.